The van der Waals surface area contributed by atoms with Crippen molar-refractivity contribution >= 4 is 0 Å². The molecular formula is C10H12N2O. The summed E-state index contributed by atoms with van der Waals surface area (Å²) in [4.78, 5) is 13.7. The van der Waals surface area contributed by atoms with Crippen molar-refractivity contribution in [2.45, 2.75) is 20.3 Å². The first kappa shape index (κ1) is 9.53. The minimum atomic E-state index is -0.291. The third-order valence-electron chi connectivity index (χ3n) is 1.79. The number of pyridine rings is 1. The van der Waals surface area contributed by atoms with Crippen molar-refractivity contribution in [3.63, 3.8) is 0 Å². The monoisotopic (exact) mass is 176 g/mol. The summed E-state index contributed by atoms with van der Waals surface area (Å²) in [7, 11) is 0. The minimum absolute atomic E-state index is 0.246. The standard InChI is InChI=1S/C10H12N2O/c1-7(2)5-8-3-4-12-10(13)9(8)6-11/h3-4,7H,5H2,1-2H3,(H,12,13). The molecular weight excluding hydrogens is 164 g/mol. The third-order valence-corrected chi connectivity index (χ3v) is 1.79. The second-order valence-electron chi connectivity index (χ2n) is 3.42. The number of hydrogen-bond donors (Lipinski definition) is 1. The molecule has 0 saturated heterocycles. The zero-order valence-electron chi connectivity index (χ0n) is 7.79. The van der Waals surface area contributed by atoms with E-state index in [0.29, 0.717) is 5.92 Å². The van der Waals surface area contributed by atoms with Crippen LogP contribution in [0.5, 0.6) is 0 Å². The van der Waals surface area contributed by atoms with Gasteiger partial charge in [-0.05, 0) is 24.0 Å². The van der Waals surface area contributed by atoms with Crippen LogP contribution in [-0.2, 0) is 6.42 Å². The Labute approximate surface area is 77.0 Å². The maximum absolute atomic E-state index is 11.2. The largest absolute Gasteiger partial charge is 0.328 e. The molecule has 1 rings (SSSR count). The highest BCUT2D eigenvalue weighted by Crippen LogP contribution is 2.08. The number of nitrogens with zero attached hydrogens (tertiary/aromatic N) is 1. The van der Waals surface area contributed by atoms with Crippen molar-refractivity contribution in [1.82, 2.24) is 4.98 Å². The Morgan fingerprint density at radius 1 is 1.62 bits per heavy atom. The first-order valence-corrected chi connectivity index (χ1v) is 4.25. The van der Waals surface area contributed by atoms with E-state index in [1.807, 2.05) is 6.07 Å². The van der Waals surface area contributed by atoms with Gasteiger partial charge < -0.3 is 4.98 Å². The first-order valence-electron chi connectivity index (χ1n) is 4.25. The van der Waals surface area contributed by atoms with Crippen LogP contribution in [0.25, 0.3) is 0 Å². The second kappa shape index (κ2) is 3.90. The number of aromatic amines is 1. The lowest BCUT2D eigenvalue weighted by Crippen LogP contribution is -2.13. The quantitative estimate of drug-likeness (QED) is 0.741. The van der Waals surface area contributed by atoms with E-state index in [4.69, 9.17) is 5.26 Å². The zero-order chi connectivity index (χ0) is 9.84. The van der Waals surface area contributed by atoms with E-state index in [2.05, 4.69) is 18.8 Å². The molecule has 0 atom stereocenters. The van der Waals surface area contributed by atoms with Crippen molar-refractivity contribution in [3.05, 3.63) is 33.7 Å². The van der Waals surface area contributed by atoms with Gasteiger partial charge in [-0.1, -0.05) is 13.8 Å². The molecule has 68 valence electrons. The van der Waals surface area contributed by atoms with Crippen LogP contribution in [-0.4, -0.2) is 4.98 Å². The van der Waals surface area contributed by atoms with Crippen LogP contribution in [0, 0.1) is 17.2 Å². The molecule has 13 heavy (non-hydrogen) atoms. The van der Waals surface area contributed by atoms with Crippen LogP contribution < -0.4 is 5.56 Å². The highest BCUT2D eigenvalue weighted by atomic mass is 16.1. The molecule has 0 aliphatic rings. The summed E-state index contributed by atoms with van der Waals surface area (Å²) in [6.07, 6.45) is 2.35. The fourth-order valence-electron chi connectivity index (χ4n) is 1.25. The van der Waals surface area contributed by atoms with Crippen LogP contribution in [0.4, 0.5) is 0 Å². The summed E-state index contributed by atoms with van der Waals surface area (Å²) >= 11 is 0. The number of H-pyrrole nitrogens is 1. The number of nitrogens with one attached hydrogen (secondary N) is 1. The number of hydrogen-bond acceptors (Lipinski definition) is 2. The highest BCUT2D eigenvalue weighted by Gasteiger charge is 2.06. The molecule has 0 radical (unpaired) electrons. The van der Waals surface area contributed by atoms with E-state index in [1.54, 1.807) is 12.3 Å². The molecule has 0 amide bonds. The van der Waals surface area contributed by atoms with Gasteiger partial charge in [-0.25, -0.2) is 0 Å². The van der Waals surface area contributed by atoms with Gasteiger partial charge in [-0.2, -0.15) is 5.26 Å². The summed E-state index contributed by atoms with van der Waals surface area (Å²) < 4.78 is 0. The average Bonchev–Trinajstić information content (AvgIpc) is 2.03. The Morgan fingerprint density at radius 3 is 2.85 bits per heavy atom. The Kier molecular flexibility index (Phi) is 2.86. The molecule has 0 aromatic carbocycles. The summed E-state index contributed by atoms with van der Waals surface area (Å²) in [5, 5.41) is 8.74. The lowest BCUT2D eigenvalue weighted by molar-refractivity contribution is 0.645. The van der Waals surface area contributed by atoms with Crippen molar-refractivity contribution < 1.29 is 0 Å². The molecule has 0 saturated carbocycles. The normalized spacial score (nSPS) is 10.0. The van der Waals surface area contributed by atoms with E-state index < -0.39 is 0 Å². The van der Waals surface area contributed by atoms with Crippen LogP contribution >= 0.6 is 0 Å². The molecule has 3 heteroatoms. The Hall–Kier alpha value is -1.56. The maximum atomic E-state index is 11.2. The molecule has 0 spiro atoms. The lowest BCUT2D eigenvalue weighted by atomic mass is 10.0. The second-order valence-corrected chi connectivity index (χ2v) is 3.42. The summed E-state index contributed by atoms with van der Waals surface area (Å²) in [5.41, 5.74) is 0.790. The molecule has 1 N–H and O–H groups in total. The van der Waals surface area contributed by atoms with Gasteiger partial charge in [0.2, 0.25) is 0 Å². The summed E-state index contributed by atoms with van der Waals surface area (Å²) in [5.74, 6) is 0.453. The van der Waals surface area contributed by atoms with Crippen molar-refractivity contribution in [3.8, 4) is 6.07 Å². The van der Waals surface area contributed by atoms with Crippen molar-refractivity contribution in [2.75, 3.05) is 0 Å². The van der Waals surface area contributed by atoms with E-state index >= 15 is 0 Å². The van der Waals surface area contributed by atoms with Gasteiger partial charge in [0.1, 0.15) is 11.6 Å². The first-order chi connectivity index (χ1) is 6.15. The molecule has 0 bridgehead atoms. The van der Waals surface area contributed by atoms with Gasteiger partial charge in [0.25, 0.3) is 5.56 Å². The third kappa shape index (κ3) is 2.19. The summed E-state index contributed by atoms with van der Waals surface area (Å²) in [6.45, 7) is 4.12. The van der Waals surface area contributed by atoms with E-state index in [1.165, 1.54) is 0 Å². The maximum Gasteiger partial charge on any atom is 0.266 e. The topological polar surface area (TPSA) is 56.6 Å². The fraction of sp³-hybridized carbons (Fsp3) is 0.400. The molecule has 1 heterocycles. The van der Waals surface area contributed by atoms with Crippen LogP contribution in [0.15, 0.2) is 17.1 Å². The predicted octanol–water partition coefficient (Wildman–Crippen LogP) is 1.45. The molecule has 0 aliphatic carbocycles. The number of aromatic nitrogens is 1. The van der Waals surface area contributed by atoms with Gasteiger partial charge in [0.15, 0.2) is 0 Å². The molecule has 3 nitrogen and oxygen atoms in total. The van der Waals surface area contributed by atoms with Gasteiger partial charge >= 0.3 is 0 Å². The van der Waals surface area contributed by atoms with Crippen LogP contribution in [0.3, 0.4) is 0 Å². The van der Waals surface area contributed by atoms with Gasteiger partial charge in [-0.15, -0.1) is 0 Å². The number of rotatable bonds is 2. The average molecular weight is 176 g/mol. The zero-order valence-corrected chi connectivity index (χ0v) is 7.79. The van der Waals surface area contributed by atoms with Crippen LogP contribution in [0.2, 0.25) is 0 Å². The van der Waals surface area contributed by atoms with Crippen molar-refractivity contribution in [2.24, 2.45) is 5.92 Å². The van der Waals surface area contributed by atoms with E-state index in [9.17, 15) is 4.79 Å². The SMILES string of the molecule is CC(C)Cc1cc[nH]c(=O)c1C#N. The van der Waals surface area contributed by atoms with E-state index in [-0.39, 0.29) is 11.1 Å². The lowest BCUT2D eigenvalue weighted by Gasteiger charge is -2.04. The van der Waals surface area contributed by atoms with E-state index in [0.717, 1.165) is 12.0 Å². The predicted molar refractivity (Wildman–Crippen MR) is 50.3 cm³/mol. The highest BCUT2D eigenvalue weighted by molar-refractivity contribution is 5.34. The summed E-state index contributed by atoms with van der Waals surface area (Å²) in [6, 6.07) is 3.72. The molecule has 1 aromatic rings. The Bertz CT molecular complexity index is 385. The minimum Gasteiger partial charge on any atom is -0.328 e. The fourth-order valence-corrected chi connectivity index (χ4v) is 1.25. The van der Waals surface area contributed by atoms with Crippen LogP contribution in [0.1, 0.15) is 25.0 Å². The molecule has 1 aromatic heterocycles. The van der Waals surface area contributed by atoms with Gasteiger partial charge in [-0.3, -0.25) is 4.79 Å². The van der Waals surface area contributed by atoms with Crippen molar-refractivity contribution in [1.29, 1.82) is 5.26 Å². The molecule has 0 fully saturated rings. The molecule has 0 unspecified atom stereocenters. The van der Waals surface area contributed by atoms with Gasteiger partial charge in [0, 0.05) is 6.20 Å². The number of nitriles is 1. The Balaban J connectivity index is 3.15. The Morgan fingerprint density at radius 2 is 2.31 bits per heavy atom. The molecule has 0 aliphatic heterocycles. The smallest absolute Gasteiger partial charge is 0.266 e. The van der Waals surface area contributed by atoms with Gasteiger partial charge in [0.05, 0.1) is 0 Å².